The van der Waals surface area contributed by atoms with Crippen LogP contribution in [0.5, 0.6) is 0 Å². The Hall–Kier alpha value is -3.42. The van der Waals surface area contributed by atoms with Crippen molar-refractivity contribution in [3.05, 3.63) is 59.3 Å². The predicted octanol–water partition coefficient (Wildman–Crippen LogP) is 1.96. The minimum Gasteiger partial charge on any atom is -0.483 e. The molecule has 30 heavy (non-hydrogen) atoms. The van der Waals surface area contributed by atoms with Crippen LogP contribution in [0.3, 0.4) is 0 Å². The van der Waals surface area contributed by atoms with Crippen LogP contribution < -0.4 is 5.73 Å². The number of anilines is 1. The fraction of sp³-hybridized carbons (Fsp3) is 0.364. The van der Waals surface area contributed by atoms with Gasteiger partial charge in [-0.1, -0.05) is 24.3 Å². The van der Waals surface area contributed by atoms with E-state index < -0.39 is 0 Å². The molecule has 0 unspecified atom stereocenters. The third kappa shape index (κ3) is 4.12. The van der Waals surface area contributed by atoms with Crippen LogP contribution in [-0.4, -0.2) is 57.8 Å². The van der Waals surface area contributed by atoms with Crippen LogP contribution in [0, 0.1) is 18.8 Å². The van der Waals surface area contributed by atoms with Gasteiger partial charge >= 0.3 is 0 Å². The van der Waals surface area contributed by atoms with E-state index >= 15 is 0 Å². The molecule has 3 heterocycles. The maximum Gasteiger partial charge on any atom is 0.290 e. The summed E-state index contributed by atoms with van der Waals surface area (Å²) in [6, 6.07) is 11.6. The van der Waals surface area contributed by atoms with Gasteiger partial charge in [0.15, 0.2) is 0 Å². The number of nitrogens with two attached hydrogens (primary N) is 1. The number of aromatic nitrogens is 1. The van der Waals surface area contributed by atoms with Gasteiger partial charge in [0.05, 0.1) is 11.6 Å². The number of rotatable bonds is 2. The van der Waals surface area contributed by atoms with Crippen molar-refractivity contribution in [2.45, 2.75) is 19.9 Å². The average molecular weight is 410 g/mol. The first kappa shape index (κ1) is 21.3. The molecule has 0 bridgehead atoms. The number of carbonyl (C=O) groups excluding carboxylic acids is 2. The summed E-state index contributed by atoms with van der Waals surface area (Å²) in [6.45, 7) is 5.48. The van der Waals surface area contributed by atoms with Gasteiger partial charge in [-0.15, -0.1) is 0 Å². The lowest BCUT2D eigenvalue weighted by Crippen LogP contribution is -2.36. The second-order valence-corrected chi connectivity index (χ2v) is 7.68. The number of aryl methyl sites for hydroxylation is 1. The quantitative estimate of drug-likeness (QED) is 0.731. The number of nitrogens with zero attached hydrogens (tertiary/aromatic N) is 3. The molecule has 0 spiro atoms. The molecule has 3 N–H and O–H groups in total. The van der Waals surface area contributed by atoms with Crippen LogP contribution in [0.25, 0.3) is 0 Å². The maximum atomic E-state index is 12.9. The lowest BCUT2D eigenvalue weighted by atomic mass is 9.87. The van der Waals surface area contributed by atoms with Gasteiger partial charge in [0, 0.05) is 44.6 Å². The Labute approximate surface area is 175 Å². The van der Waals surface area contributed by atoms with Crippen LogP contribution in [0.4, 0.5) is 5.82 Å². The number of benzene rings is 1. The molecule has 8 nitrogen and oxygen atoms in total. The van der Waals surface area contributed by atoms with E-state index in [0.717, 1.165) is 0 Å². The minimum atomic E-state index is -0.250. The molecular formula is C22H26N4O4. The zero-order valence-electron chi connectivity index (χ0n) is 17.1. The van der Waals surface area contributed by atoms with Crippen molar-refractivity contribution in [3.8, 4) is 0 Å². The Bertz CT molecular complexity index is 931. The van der Waals surface area contributed by atoms with Gasteiger partial charge < -0.3 is 20.6 Å². The minimum absolute atomic E-state index is 0.0187. The topological polar surface area (TPSA) is 117 Å². The zero-order valence-corrected chi connectivity index (χ0v) is 17.1. The summed E-state index contributed by atoms with van der Waals surface area (Å²) in [5, 5.41) is 6.89. The number of fused-ring (bicyclic) bond motifs is 1. The van der Waals surface area contributed by atoms with Crippen LogP contribution in [-0.2, 0) is 9.59 Å². The van der Waals surface area contributed by atoms with Crippen molar-refractivity contribution in [1.82, 2.24) is 14.8 Å². The Balaban J connectivity index is 0.000000806. The number of nitrogen functional groups attached to an aromatic ring is 1. The predicted molar refractivity (Wildman–Crippen MR) is 112 cm³/mol. The monoisotopic (exact) mass is 410 g/mol. The molecule has 3 atom stereocenters. The van der Waals surface area contributed by atoms with Gasteiger partial charge in [0.25, 0.3) is 12.4 Å². The third-order valence-corrected chi connectivity index (χ3v) is 5.90. The summed E-state index contributed by atoms with van der Waals surface area (Å²) >= 11 is 0. The van der Waals surface area contributed by atoms with Gasteiger partial charge in [-0.25, -0.2) is 4.98 Å². The average Bonchev–Trinajstić information content (AvgIpc) is 3.27. The Kier molecular flexibility index (Phi) is 6.34. The fourth-order valence-corrected chi connectivity index (χ4v) is 4.57. The highest BCUT2D eigenvalue weighted by Crippen LogP contribution is 2.46. The van der Waals surface area contributed by atoms with Crippen molar-refractivity contribution in [1.29, 1.82) is 0 Å². The van der Waals surface area contributed by atoms with E-state index in [4.69, 9.17) is 15.6 Å². The molecule has 0 radical (unpaired) electrons. The van der Waals surface area contributed by atoms with Gasteiger partial charge in [0.1, 0.15) is 5.82 Å². The second-order valence-electron chi connectivity index (χ2n) is 7.68. The Morgan fingerprint density at radius 3 is 2.47 bits per heavy atom. The summed E-state index contributed by atoms with van der Waals surface area (Å²) in [5.74, 6) is 1.03. The van der Waals surface area contributed by atoms with Gasteiger partial charge in [-0.05, 0) is 30.2 Å². The number of hydrogen-bond acceptors (Lipinski definition) is 5. The molecule has 2 saturated heterocycles. The number of carboxylic acid groups (broad SMARTS) is 1. The first-order chi connectivity index (χ1) is 14.4. The Morgan fingerprint density at radius 2 is 1.87 bits per heavy atom. The summed E-state index contributed by atoms with van der Waals surface area (Å²) in [4.78, 5) is 41.4. The number of hydrogen-bond donors (Lipinski definition) is 2. The van der Waals surface area contributed by atoms with E-state index in [2.05, 4.69) is 24.0 Å². The third-order valence-electron chi connectivity index (χ3n) is 5.90. The number of likely N-dealkylation sites (tertiary alicyclic amines) is 2. The molecule has 4 rings (SSSR count). The summed E-state index contributed by atoms with van der Waals surface area (Å²) < 4.78 is 0. The highest BCUT2D eigenvalue weighted by molar-refractivity contribution is 5.94. The van der Waals surface area contributed by atoms with E-state index in [-0.39, 0.29) is 30.2 Å². The first-order valence-electron chi connectivity index (χ1n) is 9.78. The van der Waals surface area contributed by atoms with Gasteiger partial charge in [-0.2, -0.15) is 0 Å². The maximum absolute atomic E-state index is 12.9. The standard InChI is InChI=1S/C21H24N4O2.CH2O2/c1-13-5-3-4-6-17(13)20-18-12-24(10-16(18)11-25(20)14(2)26)21(27)15-7-8-19(22)23-9-15;2-1-3/h3-9,16,18,20H,10-12H2,1-2H3,(H2,22,23);1H,(H,2,3)/t16-,18-,20+;/m1./s1. The van der Waals surface area contributed by atoms with E-state index in [9.17, 15) is 9.59 Å². The molecule has 2 fully saturated rings. The molecule has 2 aliphatic rings. The molecule has 0 aliphatic carbocycles. The molecule has 2 aromatic rings. The lowest BCUT2D eigenvalue weighted by Gasteiger charge is -2.30. The van der Waals surface area contributed by atoms with E-state index in [1.807, 2.05) is 21.9 Å². The molecular weight excluding hydrogens is 384 g/mol. The number of carbonyl (C=O) groups is 3. The lowest BCUT2D eigenvalue weighted by molar-refractivity contribution is -0.130. The van der Waals surface area contributed by atoms with Crippen molar-refractivity contribution in [2.24, 2.45) is 11.8 Å². The largest absolute Gasteiger partial charge is 0.483 e. The molecule has 0 saturated carbocycles. The van der Waals surface area contributed by atoms with Crippen LogP contribution >= 0.6 is 0 Å². The van der Waals surface area contributed by atoms with Crippen molar-refractivity contribution in [2.75, 3.05) is 25.4 Å². The molecule has 2 amide bonds. The van der Waals surface area contributed by atoms with Crippen LogP contribution in [0.2, 0.25) is 0 Å². The zero-order chi connectivity index (χ0) is 21.8. The molecule has 2 aliphatic heterocycles. The molecule has 1 aromatic carbocycles. The van der Waals surface area contributed by atoms with E-state index in [1.54, 1.807) is 19.1 Å². The fourth-order valence-electron chi connectivity index (χ4n) is 4.57. The van der Waals surface area contributed by atoms with Gasteiger partial charge in [-0.3, -0.25) is 14.4 Å². The first-order valence-corrected chi connectivity index (χ1v) is 9.78. The van der Waals surface area contributed by atoms with Gasteiger partial charge in [0.2, 0.25) is 5.91 Å². The smallest absolute Gasteiger partial charge is 0.290 e. The van der Waals surface area contributed by atoms with Crippen molar-refractivity contribution in [3.63, 3.8) is 0 Å². The Morgan fingerprint density at radius 1 is 1.17 bits per heavy atom. The van der Waals surface area contributed by atoms with Crippen LogP contribution in [0.1, 0.15) is 34.5 Å². The van der Waals surface area contributed by atoms with Crippen LogP contribution in [0.15, 0.2) is 42.6 Å². The van der Waals surface area contributed by atoms with E-state index in [0.29, 0.717) is 36.9 Å². The van der Waals surface area contributed by atoms with Crippen molar-refractivity contribution >= 4 is 24.1 Å². The van der Waals surface area contributed by atoms with E-state index in [1.165, 1.54) is 17.3 Å². The highest BCUT2D eigenvalue weighted by atomic mass is 16.3. The number of pyridine rings is 1. The normalized spacial score (nSPS) is 22.1. The number of amides is 2. The van der Waals surface area contributed by atoms with Crippen molar-refractivity contribution < 1.29 is 19.5 Å². The molecule has 158 valence electrons. The highest BCUT2D eigenvalue weighted by Gasteiger charge is 2.49. The molecule has 1 aromatic heterocycles. The summed E-state index contributed by atoms with van der Waals surface area (Å²) in [6.07, 6.45) is 1.53. The molecule has 8 heteroatoms. The summed E-state index contributed by atoms with van der Waals surface area (Å²) in [7, 11) is 0. The summed E-state index contributed by atoms with van der Waals surface area (Å²) in [5.41, 5.74) is 8.54. The second kappa shape index (κ2) is 8.94. The SMILES string of the molecule is CC(=O)N1C[C@H]2CN(C(=O)c3ccc(N)nc3)C[C@H]2[C@@H]1c1ccccc1C.O=CO.